The predicted octanol–water partition coefficient (Wildman–Crippen LogP) is 6.14. The Balaban J connectivity index is 1.43. The molecule has 5 rings (SSSR count). The maximum Gasteiger partial charge on any atom is 0.417 e. The number of thiazole rings is 1. The summed E-state index contributed by atoms with van der Waals surface area (Å²) in [6, 6.07) is 3.91. The molecule has 0 radical (unpaired) electrons. The van der Waals surface area contributed by atoms with E-state index in [2.05, 4.69) is 32.1 Å². The number of ether oxygens (including phenoxy) is 1. The molecule has 0 aliphatic carbocycles. The van der Waals surface area contributed by atoms with Crippen LogP contribution in [0.5, 0.6) is 0 Å². The van der Waals surface area contributed by atoms with Crippen molar-refractivity contribution < 1.29 is 32.2 Å². The lowest BCUT2D eigenvalue weighted by Gasteiger charge is -2.41. The third-order valence-corrected chi connectivity index (χ3v) is 9.72. The minimum absolute atomic E-state index is 0.0155. The summed E-state index contributed by atoms with van der Waals surface area (Å²) in [7, 11) is 1.55. The second-order valence-electron chi connectivity index (χ2n) is 11.4. The maximum absolute atomic E-state index is 16.0. The second kappa shape index (κ2) is 14.8. The number of piperazine rings is 1. The maximum atomic E-state index is 16.0. The Morgan fingerprint density at radius 3 is 2.72 bits per heavy atom. The lowest BCUT2D eigenvalue weighted by molar-refractivity contribution is -0.138. The van der Waals surface area contributed by atoms with Crippen LogP contribution in [0.3, 0.4) is 0 Å². The molecule has 2 aliphatic heterocycles. The van der Waals surface area contributed by atoms with E-state index in [0.29, 0.717) is 51.1 Å². The number of anilines is 3. The number of nitrogens with zero attached hydrogens (tertiary/aromatic N) is 6. The number of rotatable bonds is 12. The van der Waals surface area contributed by atoms with Crippen molar-refractivity contribution in [3.63, 3.8) is 0 Å². The molecule has 46 heavy (non-hydrogen) atoms. The van der Waals surface area contributed by atoms with Gasteiger partial charge < -0.3 is 20.1 Å². The summed E-state index contributed by atoms with van der Waals surface area (Å²) in [6.45, 7) is 5.40. The molecule has 1 aromatic carbocycles. The lowest BCUT2D eigenvalue weighted by Crippen LogP contribution is -2.55. The lowest BCUT2D eigenvalue weighted by atomic mass is 10.1. The fraction of sp³-hybridized carbons (Fsp3) is 0.533. The van der Waals surface area contributed by atoms with Crippen LogP contribution in [-0.4, -0.2) is 94.4 Å². The number of hydrogen-bond acceptors (Lipinski definition) is 10. The Labute approximate surface area is 273 Å². The number of carbonyl (C=O) groups is 1. The van der Waals surface area contributed by atoms with E-state index >= 15 is 4.39 Å². The highest BCUT2D eigenvalue weighted by molar-refractivity contribution is 7.16. The molecule has 3 aromatic rings. The molecule has 0 amide bonds. The van der Waals surface area contributed by atoms with Crippen LogP contribution in [0.15, 0.2) is 24.5 Å². The van der Waals surface area contributed by atoms with E-state index in [1.165, 1.54) is 29.8 Å². The number of nitrogens with one attached hydrogen (secondary N) is 1. The molecule has 2 aromatic heterocycles. The monoisotopic (exact) mass is 685 g/mol. The van der Waals surface area contributed by atoms with Gasteiger partial charge in [0.05, 0.1) is 35.3 Å². The van der Waals surface area contributed by atoms with Gasteiger partial charge in [0.2, 0.25) is 5.82 Å². The number of methoxy groups -OCH3 is 1. The van der Waals surface area contributed by atoms with Crippen LogP contribution in [0, 0.1) is 5.82 Å². The van der Waals surface area contributed by atoms with Crippen LogP contribution in [0.4, 0.5) is 34.3 Å². The fourth-order valence-electron chi connectivity index (χ4n) is 6.12. The first-order valence-electron chi connectivity index (χ1n) is 15.1. The molecular weight excluding hydrogens is 650 g/mol. The van der Waals surface area contributed by atoms with Gasteiger partial charge >= 0.3 is 12.1 Å². The molecule has 2 N–H and O–H groups in total. The number of alkyl halides is 3. The van der Waals surface area contributed by atoms with Gasteiger partial charge in [-0.3, -0.25) is 14.6 Å². The van der Waals surface area contributed by atoms with E-state index < -0.39 is 28.5 Å². The molecular formula is C30H36ClF4N7O3S. The second-order valence-corrected chi connectivity index (χ2v) is 12.9. The molecule has 0 saturated carbocycles. The third kappa shape index (κ3) is 7.88. The number of hydrogen-bond donors (Lipinski definition) is 2. The average molecular weight is 686 g/mol. The molecule has 4 heterocycles. The van der Waals surface area contributed by atoms with Crippen LogP contribution in [0.2, 0.25) is 5.02 Å². The smallest absolute Gasteiger partial charge is 0.417 e. The molecule has 2 fully saturated rings. The van der Waals surface area contributed by atoms with E-state index in [0.717, 1.165) is 36.8 Å². The first kappa shape index (κ1) is 34.2. The molecule has 10 nitrogen and oxygen atoms in total. The SMILES string of the molecule is CC[C@@H]1CCCN1Cc1sc(Nc2ncnc(N3CCN(CCC(=O)O)[C@H](COC)C3)c2F)nc1-c1ccc(Cl)c(C(F)(F)F)c1. The quantitative estimate of drug-likeness (QED) is 0.216. The topological polar surface area (TPSA) is 107 Å². The van der Waals surface area contributed by atoms with Crippen LogP contribution in [0.25, 0.3) is 11.3 Å². The van der Waals surface area contributed by atoms with Gasteiger partial charge in [-0.1, -0.05) is 35.9 Å². The van der Waals surface area contributed by atoms with Gasteiger partial charge in [0.15, 0.2) is 16.8 Å². The number of aromatic nitrogens is 3. The van der Waals surface area contributed by atoms with E-state index in [-0.39, 0.29) is 34.8 Å². The zero-order chi connectivity index (χ0) is 33.0. The fourth-order valence-corrected chi connectivity index (χ4v) is 7.35. The van der Waals surface area contributed by atoms with Gasteiger partial charge in [-0.2, -0.15) is 17.6 Å². The van der Waals surface area contributed by atoms with Crippen molar-refractivity contribution in [3.05, 3.63) is 45.8 Å². The molecule has 16 heteroatoms. The van der Waals surface area contributed by atoms with E-state index in [4.69, 9.17) is 21.4 Å². The largest absolute Gasteiger partial charge is 0.481 e. The van der Waals surface area contributed by atoms with E-state index in [9.17, 15) is 18.0 Å². The minimum Gasteiger partial charge on any atom is -0.481 e. The summed E-state index contributed by atoms with van der Waals surface area (Å²) in [6.07, 6.45) is -0.390. The summed E-state index contributed by atoms with van der Waals surface area (Å²) in [5.74, 6) is -1.64. The van der Waals surface area contributed by atoms with Gasteiger partial charge in [0.1, 0.15) is 6.33 Å². The highest BCUT2D eigenvalue weighted by Crippen LogP contribution is 2.41. The van der Waals surface area contributed by atoms with Crippen LogP contribution >= 0.6 is 22.9 Å². The molecule has 2 atom stereocenters. The standard InChI is InChI=1S/C30H36ClF4N7O3S/c1-3-19-5-4-9-41(19)15-23-26(18-6-7-22(31)21(13-18)30(33,34)35)38-29(46-23)39-27-25(32)28(37-17-36-27)42-12-11-40(10-8-24(43)44)20(14-42)16-45-2/h6-7,13,17,19-20H,3-5,8-12,14-16H2,1-2H3,(H,43,44)(H,36,37,38,39)/t19-,20+/m1/s1. The van der Waals surface area contributed by atoms with E-state index in [1.54, 1.807) is 12.0 Å². The zero-order valence-electron chi connectivity index (χ0n) is 25.5. The Hall–Kier alpha value is -3.11. The van der Waals surface area contributed by atoms with Crippen molar-refractivity contribution in [3.8, 4) is 11.3 Å². The molecule has 0 bridgehead atoms. The zero-order valence-corrected chi connectivity index (χ0v) is 27.1. The number of aliphatic carboxylic acids is 1. The Bertz CT molecular complexity index is 1530. The summed E-state index contributed by atoms with van der Waals surface area (Å²) in [5.41, 5.74) is -0.322. The van der Waals surface area contributed by atoms with Crippen molar-refractivity contribution in [1.82, 2.24) is 24.8 Å². The molecule has 0 spiro atoms. The predicted molar refractivity (Wildman–Crippen MR) is 168 cm³/mol. The molecule has 2 saturated heterocycles. The van der Waals surface area contributed by atoms with Crippen LogP contribution in [0.1, 0.15) is 43.0 Å². The number of benzene rings is 1. The highest BCUT2D eigenvalue weighted by atomic mass is 35.5. The number of likely N-dealkylation sites (tertiary alicyclic amines) is 1. The average Bonchev–Trinajstić information content (AvgIpc) is 3.64. The number of carboxylic acids is 1. The Kier molecular flexibility index (Phi) is 11.0. The van der Waals surface area contributed by atoms with Gasteiger partial charge in [0, 0.05) is 56.3 Å². The highest BCUT2D eigenvalue weighted by Gasteiger charge is 2.35. The normalized spacial score (nSPS) is 19.6. The molecule has 2 aliphatic rings. The van der Waals surface area contributed by atoms with Crippen LogP contribution < -0.4 is 10.2 Å². The van der Waals surface area contributed by atoms with Gasteiger partial charge in [-0.15, -0.1) is 0 Å². The first-order chi connectivity index (χ1) is 22.0. The van der Waals surface area contributed by atoms with Crippen molar-refractivity contribution >= 4 is 45.7 Å². The van der Waals surface area contributed by atoms with Crippen molar-refractivity contribution in [1.29, 1.82) is 0 Å². The van der Waals surface area contributed by atoms with Crippen LogP contribution in [-0.2, 0) is 22.3 Å². The summed E-state index contributed by atoms with van der Waals surface area (Å²) >= 11 is 7.14. The van der Waals surface area contributed by atoms with E-state index in [1.807, 2.05) is 4.90 Å². The molecule has 250 valence electrons. The number of carboxylic acid groups (broad SMARTS) is 1. The number of halogens is 5. The van der Waals surface area contributed by atoms with Gasteiger partial charge in [-0.25, -0.2) is 15.0 Å². The van der Waals surface area contributed by atoms with Crippen molar-refractivity contribution in [2.75, 3.05) is 56.7 Å². The van der Waals surface area contributed by atoms with Gasteiger partial charge in [-0.05, 0) is 37.9 Å². The minimum atomic E-state index is -4.64. The summed E-state index contributed by atoms with van der Waals surface area (Å²) in [4.78, 5) is 30.9. The Morgan fingerprint density at radius 1 is 1.20 bits per heavy atom. The Morgan fingerprint density at radius 2 is 2.00 bits per heavy atom. The van der Waals surface area contributed by atoms with Crippen molar-refractivity contribution in [2.24, 2.45) is 0 Å². The molecule has 0 unspecified atom stereocenters. The third-order valence-electron chi connectivity index (χ3n) is 8.43. The first-order valence-corrected chi connectivity index (χ1v) is 16.3. The van der Waals surface area contributed by atoms with Gasteiger partial charge in [0.25, 0.3) is 0 Å². The van der Waals surface area contributed by atoms with Crippen molar-refractivity contribution in [2.45, 2.75) is 57.4 Å². The summed E-state index contributed by atoms with van der Waals surface area (Å²) in [5, 5.41) is 11.9. The summed E-state index contributed by atoms with van der Waals surface area (Å²) < 4.78 is 62.5.